The third-order valence-electron chi connectivity index (χ3n) is 2.41. The number of hydrogen-bond acceptors (Lipinski definition) is 2. The minimum absolute atomic E-state index is 0. The molecule has 0 saturated heterocycles. The van der Waals surface area contributed by atoms with Crippen molar-refractivity contribution in [1.82, 2.24) is 0 Å². The number of ether oxygens (including phenoxy) is 1. The lowest BCUT2D eigenvalue weighted by molar-refractivity contribution is 0.305. The van der Waals surface area contributed by atoms with Crippen LogP contribution in [-0.4, -0.2) is 5.84 Å². The van der Waals surface area contributed by atoms with Gasteiger partial charge in [-0.1, -0.05) is 42.5 Å². The van der Waals surface area contributed by atoms with Gasteiger partial charge in [-0.15, -0.1) is 12.4 Å². The molecular weight excluding hydrogens is 248 g/mol. The van der Waals surface area contributed by atoms with E-state index in [0.717, 1.165) is 5.56 Å². The van der Waals surface area contributed by atoms with Crippen molar-refractivity contribution in [2.75, 3.05) is 0 Å². The predicted molar refractivity (Wildman–Crippen MR) is 75.5 cm³/mol. The van der Waals surface area contributed by atoms with Crippen LogP contribution in [0.15, 0.2) is 54.6 Å². The van der Waals surface area contributed by atoms with Crippen LogP contribution in [0.4, 0.5) is 0 Å². The third kappa shape index (κ3) is 3.50. The molecule has 0 atom stereocenters. The number of amidine groups is 1. The first-order valence-corrected chi connectivity index (χ1v) is 5.37. The largest absolute Gasteiger partial charge is 0.488 e. The van der Waals surface area contributed by atoms with E-state index >= 15 is 0 Å². The van der Waals surface area contributed by atoms with E-state index in [1.165, 1.54) is 0 Å². The molecule has 0 aliphatic heterocycles. The topological polar surface area (TPSA) is 59.1 Å². The second kappa shape index (κ2) is 6.67. The number of rotatable bonds is 4. The Hall–Kier alpha value is -2.00. The maximum atomic E-state index is 7.46. The molecule has 0 radical (unpaired) electrons. The average molecular weight is 263 g/mol. The van der Waals surface area contributed by atoms with E-state index in [-0.39, 0.29) is 18.2 Å². The summed E-state index contributed by atoms with van der Waals surface area (Å²) in [7, 11) is 0. The number of nitrogens with one attached hydrogen (secondary N) is 1. The average Bonchev–Trinajstić information content (AvgIpc) is 2.38. The normalized spacial score (nSPS) is 9.33. The predicted octanol–water partition coefficient (Wildman–Crippen LogP) is 2.97. The molecule has 0 saturated carbocycles. The van der Waals surface area contributed by atoms with Gasteiger partial charge in [0, 0.05) is 0 Å². The van der Waals surface area contributed by atoms with Crippen molar-refractivity contribution in [2.45, 2.75) is 6.61 Å². The van der Waals surface area contributed by atoms with E-state index in [0.29, 0.717) is 17.9 Å². The molecule has 0 aliphatic rings. The van der Waals surface area contributed by atoms with E-state index in [2.05, 4.69) is 0 Å². The number of para-hydroxylation sites is 1. The van der Waals surface area contributed by atoms with E-state index in [4.69, 9.17) is 15.9 Å². The Morgan fingerprint density at radius 2 is 1.61 bits per heavy atom. The van der Waals surface area contributed by atoms with Gasteiger partial charge in [-0.05, 0) is 17.7 Å². The molecule has 2 aromatic rings. The van der Waals surface area contributed by atoms with Crippen molar-refractivity contribution < 1.29 is 4.74 Å². The second-order valence-electron chi connectivity index (χ2n) is 3.68. The first-order chi connectivity index (χ1) is 8.27. The standard InChI is InChI=1S/C14H14N2O.ClH/c15-14(16)12-8-4-5-9-13(12)17-10-11-6-2-1-3-7-11;/h1-9H,10H2,(H3,15,16);1H. The van der Waals surface area contributed by atoms with Gasteiger partial charge in [0.2, 0.25) is 0 Å². The lowest BCUT2D eigenvalue weighted by atomic mass is 10.2. The highest BCUT2D eigenvalue weighted by atomic mass is 35.5. The van der Waals surface area contributed by atoms with Gasteiger partial charge in [0.25, 0.3) is 0 Å². The summed E-state index contributed by atoms with van der Waals surface area (Å²) in [6.07, 6.45) is 0. The molecule has 0 amide bonds. The Morgan fingerprint density at radius 1 is 1.00 bits per heavy atom. The maximum absolute atomic E-state index is 7.46. The van der Waals surface area contributed by atoms with Crippen molar-refractivity contribution in [1.29, 1.82) is 5.41 Å². The highest BCUT2D eigenvalue weighted by molar-refractivity contribution is 5.97. The van der Waals surface area contributed by atoms with Crippen molar-refractivity contribution in [3.63, 3.8) is 0 Å². The number of nitrogens with two attached hydrogens (primary N) is 1. The van der Waals surface area contributed by atoms with E-state index < -0.39 is 0 Å². The summed E-state index contributed by atoms with van der Waals surface area (Å²) in [6, 6.07) is 17.2. The number of nitrogen functional groups attached to an aromatic ring is 1. The molecule has 4 heteroatoms. The fourth-order valence-electron chi connectivity index (χ4n) is 1.55. The van der Waals surface area contributed by atoms with E-state index in [9.17, 15) is 0 Å². The van der Waals surface area contributed by atoms with Crippen molar-refractivity contribution in [3.8, 4) is 5.75 Å². The van der Waals surface area contributed by atoms with Crippen LogP contribution in [-0.2, 0) is 6.61 Å². The first kappa shape index (κ1) is 14.1. The van der Waals surface area contributed by atoms with Crippen LogP contribution in [0.25, 0.3) is 0 Å². The maximum Gasteiger partial charge on any atom is 0.130 e. The molecule has 94 valence electrons. The smallest absolute Gasteiger partial charge is 0.130 e. The minimum atomic E-state index is 0. The Kier molecular flexibility index (Phi) is 5.21. The molecular formula is C14H15ClN2O. The Balaban J connectivity index is 0.00000162. The first-order valence-electron chi connectivity index (χ1n) is 5.37. The molecule has 2 aromatic carbocycles. The molecule has 0 fully saturated rings. The van der Waals surface area contributed by atoms with Gasteiger partial charge >= 0.3 is 0 Å². The number of halogens is 1. The molecule has 3 N–H and O–H groups in total. The van der Waals surface area contributed by atoms with Crippen LogP contribution in [0.2, 0.25) is 0 Å². The molecule has 0 aromatic heterocycles. The molecule has 0 bridgehead atoms. The Labute approximate surface area is 113 Å². The van der Waals surface area contributed by atoms with E-state index in [1.54, 1.807) is 6.07 Å². The summed E-state index contributed by atoms with van der Waals surface area (Å²) >= 11 is 0. The Bertz CT molecular complexity index is 514. The van der Waals surface area contributed by atoms with Gasteiger partial charge in [-0.2, -0.15) is 0 Å². The minimum Gasteiger partial charge on any atom is -0.488 e. The monoisotopic (exact) mass is 262 g/mol. The lowest BCUT2D eigenvalue weighted by Crippen LogP contribution is -2.12. The molecule has 0 spiro atoms. The fraction of sp³-hybridized carbons (Fsp3) is 0.0714. The summed E-state index contributed by atoms with van der Waals surface area (Å²) in [4.78, 5) is 0. The van der Waals surface area contributed by atoms with Crippen LogP contribution in [0.3, 0.4) is 0 Å². The van der Waals surface area contributed by atoms with Crippen LogP contribution in [0.1, 0.15) is 11.1 Å². The summed E-state index contributed by atoms with van der Waals surface area (Å²) in [6.45, 7) is 0.477. The number of benzene rings is 2. The van der Waals surface area contributed by atoms with E-state index in [1.807, 2.05) is 48.5 Å². The molecule has 0 aliphatic carbocycles. The van der Waals surface area contributed by atoms with Crippen LogP contribution >= 0.6 is 12.4 Å². The third-order valence-corrected chi connectivity index (χ3v) is 2.41. The zero-order chi connectivity index (χ0) is 12.1. The second-order valence-corrected chi connectivity index (χ2v) is 3.68. The zero-order valence-electron chi connectivity index (χ0n) is 9.80. The fourth-order valence-corrected chi connectivity index (χ4v) is 1.55. The van der Waals surface area contributed by atoms with Gasteiger partial charge in [0.1, 0.15) is 18.2 Å². The summed E-state index contributed by atoms with van der Waals surface area (Å²) in [5, 5.41) is 7.46. The summed E-state index contributed by atoms with van der Waals surface area (Å²) < 4.78 is 5.66. The van der Waals surface area contributed by atoms with Crippen molar-refractivity contribution in [3.05, 3.63) is 65.7 Å². The van der Waals surface area contributed by atoms with Crippen molar-refractivity contribution in [2.24, 2.45) is 5.73 Å². The molecule has 0 heterocycles. The summed E-state index contributed by atoms with van der Waals surface area (Å²) in [5.74, 6) is 0.664. The van der Waals surface area contributed by atoms with Gasteiger partial charge in [0.05, 0.1) is 5.56 Å². The molecule has 2 rings (SSSR count). The highest BCUT2D eigenvalue weighted by Gasteiger charge is 2.05. The molecule has 0 unspecified atom stereocenters. The van der Waals surface area contributed by atoms with Gasteiger partial charge in [-0.3, -0.25) is 5.41 Å². The van der Waals surface area contributed by atoms with Crippen LogP contribution in [0, 0.1) is 5.41 Å². The lowest BCUT2D eigenvalue weighted by Gasteiger charge is -2.10. The SMILES string of the molecule is Cl.N=C(N)c1ccccc1OCc1ccccc1. The summed E-state index contributed by atoms with van der Waals surface area (Å²) in [5.41, 5.74) is 7.20. The van der Waals surface area contributed by atoms with Crippen molar-refractivity contribution >= 4 is 18.2 Å². The molecule has 18 heavy (non-hydrogen) atoms. The quantitative estimate of drug-likeness (QED) is 0.657. The number of hydrogen-bond donors (Lipinski definition) is 2. The van der Waals surface area contributed by atoms with Gasteiger partial charge in [0.15, 0.2) is 0 Å². The Morgan fingerprint density at radius 3 is 2.28 bits per heavy atom. The zero-order valence-corrected chi connectivity index (χ0v) is 10.6. The van der Waals surface area contributed by atoms with Gasteiger partial charge in [-0.25, -0.2) is 0 Å². The van der Waals surface area contributed by atoms with Gasteiger partial charge < -0.3 is 10.5 Å². The highest BCUT2D eigenvalue weighted by Crippen LogP contribution is 2.18. The van der Waals surface area contributed by atoms with Crippen LogP contribution in [0.5, 0.6) is 5.75 Å². The van der Waals surface area contributed by atoms with Crippen LogP contribution < -0.4 is 10.5 Å². The molecule has 3 nitrogen and oxygen atoms in total.